The van der Waals surface area contributed by atoms with E-state index in [4.69, 9.17) is 5.11 Å². The molecule has 1 aromatic heterocycles. The Bertz CT molecular complexity index is 675. The van der Waals surface area contributed by atoms with Crippen molar-refractivity contribution in [1.82, 2.24) is 20.2 Å². The van der Waals surface area contributed by atoms with Gasteiger partial charge < -0.3 is 20.3 Å². The molecule has 24 heavy (non-hydrogen) atoms. The lowest BCUT2D eigenvalue weighted by Gasteiger charge is -2.29. The van der Waals surface area contributed by atoms with Crippen LogP contribution in [0.1, 0.15) is 32.3 Å². The smallest absolute Gasteiger partial charge is 0.315 e. The Morgan fingerprint density at radius 3 is 2.83 bits per heavy atom. The largest absolute Gasteiger partial charge is 0.396 e. The minimum absolute atomic E-state index is 0.00550. The molecule has 3 N–H and O–H groups in total. The summed E-state index contributed by atoms with van der Waals surface area (Å²) in [5.41, 5.74) is 0.601. The lowest BCUT2D eigenvalue weighted by atomic mass is 9.95. The highest BCUT2D eigenvalue weighted by Crippen LogP contribution is 2.15. The van der Waals surface area contributed by atoms with Gasteiger partial charge in [0, 0.05) is 31.1 Å². The first kappa shape index (κ1) is 17.9. The third-order valence-corrected chi connectivity index (χ3v) is 4.11. The number of nitrogens with zero attached hydrogens (tertiary/aromatic N) is 2. The van der Waals surface area contributed by atoms with Crippen LogP contribution in [0.4, 0.5) is 9.18 Å². The molecule has 0 aliphatic carbocycles. The molecule has 1 unspecified atom stereocenters. The Balaban J connectivity index is 1.95. The number of aliphatic hydroxyl groups excluding tert-OH is 1. The summed E-state index contributed by atoms with van der Waals surface area (Å²) >= 11 is 0. The number of hydrogen-bond donors (Lipinski definition) is 3. The number of halogens is 1. The zero-order valence-corrected chi connectivity index (χ0v) is 13.9. The molecule has 130 valence electrons. The van der Waals surface area contributed by atoms with Crippen LogP contribution in [0, 0.1) is 5.82 Å². The lowest BCUT2D eigenvalue weighted by molar-refractivity contribution is 0.200. The first-order valence-electron chi connectivity index (χ1n) is 7.91. The van der Waals surface area contributed by atoms with Gasteiger partial charge in [-0.05, 0) is 37.5 Å². The van der Waals surface area contributed by atoms with Crippen molar-refractivity contribution in [3.63, 3.8) is 0 Å². The van der Waals surface area contributed by atoms with E-state index in [1.54, 1.807) is 29.1 Å². The van der Waals surface area contributed by atoms with Gasteiger partial charge in [-0.2, -0.15) is 0 Å². The van der Waals surface area contributed by atoms with Crippen molar-refractivity contribution in [2.75, 3.05) is 6.61 Å². The van der Waals surface area contributed by atoms with Gasteiger partial charge in [-0.1, -0.05) is 13.0 Å². The van der Waals surface area contributed by atoms with Crippen LogP contribution in [0.5, 0.6) is 0 Å². The number of carbonyl (C=O) groups excluding carboxylic acids is 1. The van der Waals surface area contributed by atoms with E-state index in [-0.39, 0.29) is 25.0 Å². The fourth-order valence-electron chi connectivity index (χ4n) is 2.35. The number of benzene rings is 1. The summed E-state index contributed by atoms with van der Waals surface area (Å²) in [4.78, 5) is 15.9. The van der Waals surface area contributed by atoms with Gasteiger partial charge in [0.05, 0.1) is 12.0 Å². The second-order valence-corrected chi connectivity index (χ2v) is 5.95. The van der Waals surface area contributed by atoms with Gasteiger partial charge in [-0.3, -0.25) is 0 Å². The molecule has 0 saturated heterocycles. The van der Waals surface area contributed by atoms with Crippen LogP contribution in [-0.2, 0) is 6.54 Å². The summed E-state index contributed by atoms with van der Waals surface area (Å²) in [7, 11) is 0. The van der Waals surface area contributed by atoms with Crippen LogP contribution >= 0.6 is 0 Å². The van der Waals surface area contributed by atoms with E-state index in [2.05, 4.69) is 15.6 Å². The number of rotatable bonds is 7. The van der Waals surface area contributed by atoms with Gasteiger partial charge >= 0.3 is 6.03 Å². The minimum Gasteiger partial charge on any atom is -0.396 e. The molecular formula is C17H23FN4O2. The van der Waals surface area contributed by atoms with Gasteiger partial charge in [0.15, 0.2) is 0 Å². The lowest BCUT2D eigenvalue weighted by Crippen LogP contribution is -2.50. The van der Waals surface area contributed by atoms with Gasteiger partial charge in [-0.15, -0.1) is 0 Å². The third kappa shape index (κ3) is 4.55. The zero-order chi connectivity index (χ0) is 17.6. The number of urea groups is 1. The molecule has 0 spiro atoms. The molecule has 0 aliphatic rings. The number of hydrogen-bond acceptors (Lipinski definition) is 3. The fraction of sp³-hybridized carbons (Fsp3) is 0.412. The van der Waals surface area contributed by atoms with Crippen molar-refractivity contribution in [3.8, 4) is 5.69 Å². The summed E-state index contributed by atoms with van der Waals surface area (Å²) in [5.74, 6) is -0.383. The molecule has 0 radical (unpaired) electrons. The van der Waals surface area contributed by atoms with E-state index >= 15 is 0 Å². The molecule has 2 amide bonds. The quantitative estimate of drug-likeness (QED) is 0.727. The van der Waals surface area contributed by atoms with Crippen molar-refractivity contribution < 1.29 is 14.3 Å². The van der Waals surface area contributed by atoms with Crippen LogP contribution in [0.15, 0.2) is 36.9 Å². The summed E-state index contributed by atoms with van der Waals surface area (Å²) in [6.45, 7) is 4.04. The Morgan fingerprint density at radius 1 is 1.46 bits per heavy atom. The normalized spacial score (nSPS) is 13.3. The maximum Gasteiger partial charge on any atom is 0.315 e. The summed E-state index contributed by atoms with van der Waals surface area (Å²) in [6.07, 6.45) is 5.95. The molecule has 0 saturated carbocycles. The maximum absolute atomic E-state index is 14.2. The first-order chi connectivity index (χ1) is 11.5. The SMILES string of the molecule is CCC(C)(CCO)NC(=O)NCc1ccc(-n2ccnc2)c(F)c1. The van der Waals surface area contributed by atoms with Crippen molar-refractivity contribution in [2.45, 2.75) is 38.8 Å². The molecule has 0 aliphatic heterocycles. The highest BCUT2D eigenvalue weighted by molar-refractivity contribution is 5.74. The van der Waals surface area contributed by atoms with Gasteiger partial charge in [0.1, 0.15) is 5.82 Å². The standard InChI is InChI=1S/C17H23FN4O2/c1-3-17(2,6-9-23)21-16(24)20-11-13-4-5-15(14(18)10-13)22-8-7-19-12-22/h4-5,7-8,10,12,23H,3,6,9,11H2,1-2H3,(H2,20,21,24). The number of carbonyl (C=O) groups is 1. The van der Waals surface area contributed by atoms with Crippen molar-refractivity contribution in [2.24, 2.45) is 0 Å². The van der Waals surface area contributed by atoms with Crippen LogP contribution in [0.3, 0.4) is 0 Å². The Labute approximate surface area is 140 Å². The highest BCUT2D eigenvalue weighted by atomic mass is 19.1. The van der Waals surface area contributed by atoms with E-state index in [9.17, 15) is 9.18 Å². The van der Waals surface area contributed by atoms with Crippen LogP contribution in [0.25, 0.3) is 5.69 Å². The molecule has 6 nitrogen and oxygen atoms in total. The maximum atomic E-state index is 14.2. The van der Waals surface area contributed by atoms with E-state index in [0.29, 0.717) is 24.1 Å². The average Bonchev–Trinajstić information content (AvgIpc) is 3.07. The summed E-state index contributed by atoms with van der Waals surface area (Å²) in [5, 5.41) is 14.6. The number of nitrogens with one attached hydrogen (secondary N) is 2. The predicted octanol–water partition coefficient (Wildman–Crippen LogP) is 2.36. The molecular weight excluding hydrogens is 311 g/mol. The van der Waals surface area contributed by atoms with Crippen molar-refractivity contribution >= 4 is 6.03 Å². The van der Waals surface area contributed by atoms with E-state index < -0.39 is 5.54 Å². The summed E-state index contributed by atoms with van der Waals surface area (Å²) in [6, 6.07) is 4.45. The molecule has 0 bridgehead atoms. The number of aromatic nitrogens is 2. The minimum atomic E-state index is -0.463. The average molecular weight is 334 g/mol. The summed E-state index contributed by atoms with van der Waals surface area (Å²) < 4.78 is 15.7. The third-order valence-electron chi connectivity index (χ3n) is 4.11. The molecule has 7 heteroatoms. The van der Waals surface area contributed by atoms with Gasteiger partial charge in [-0.25, -0.2) is 14.2 Å². The van der Waals surface area contributed by atoms with Crippen molar-refractivity contribution in [1.29, 1.82) is 0 Å². The molecule has 1 atom stereocenters. The van der Waals surface area contributed by atoms with Crippen LogP contribution in [-0.4, -0.2) is 32.8 Å². The van der Waals surface area contributed by atoms with Gasteiger partial charge in [0.25, 0.3) is 0 Å². The Morgan fingerprint density at radius 2 is 2.25 bits per heavy atom. The van der Waals surface area contributed by atoms with E-state index in [1.165, 1.54) is 12.4 Å². The van der Waals surface area contributed by atoms with E-state index in [1.807, 2.05) is 13.8 Å². The Kier molecular flexibility index (Phi) is 5.92. The monoisotopic (exact) mass is 334 g/mol. The second kappa shape index (κ2) is 7.92. The fourth-order valence-corrected chi connectivity index (χ4v) is 2.35. The molecule has 2 rings (SSSR count). The molecule has 2 aromatic rings. The number of aliphatic hydroxyl groups is 1. The van der Waals surface area contributed by atoms with Crippen LogP contribution < -0.4 is 10.6 Å². The second-order valence-electron chi connectivity index (χ2n) is 5.95. The van der Waals surface area contributed by atoms with Gasteiger partial charge in [0.2, 0.25) is 0 Å². The first-order valence-corrected chi connectivity index (χ1v) is 7.91. The predicted molar refractivity (Wildman–Crippen MR) is 89.3 cm³/mol. The number of imidazole rings is 1. The Hall–Kier alpha value is -2.41. The van der Waals surface area contributed by atoms with Crippen molar-refractivity contribution in [3.05, 3.63) is 48.3 Å². The van der Waals surface area contributed by atoms with Crippen LogP contribution in [0.2, 0.25) is 0 Å². The molecule has 1 aromatic carbocycles. The topological polar surface area (TPSA) is 79.2 Å². The zero-order valence-electron chi connectivity index (χ0n) is 13.9. The number of amides is 2. The highest BCUT2D eigenvalue weighted by Gasteiger charge is 2.23. The molecule has 0 fully saturated rings. The molecule has 1 heterocycles. The van der Waals surface area contributed by atoms with E-state index in [0.717, 1.165) is 0 Å².